The fourth-order valence-electron chi connectivity index (χ4n) is 2.83. The summed E-state index contributed by atoms with van der Waals surface area (Å²) in [6.07, 6.45) is 7.52. The van der Waals surface area contributed by atoms with Gasteiger partial charge < -0.3 is 9.73 Å². The summed E-state index contributed by atoms with van der Waals surface area (Å²) in [7, 11) is 0. The summed E-state index contributed by atoms with van der Waals surface area (Å²) in [6, 6.07) is 3.65. The molecular formula is C18H17N7O2S. The Bertz CT molecular complexity index is 1140. The van der Waals surface area contributed by atoms with Crippen molar-refractivity contribution in [3.63, 3.8) is 0 Å². The Morgan fingerprint density at radius 3 is 3.04 bits per heavy atom. The van der Waals surface area contributed by atoms with Gasteiger partial charge in [0.2, 0.25) is 11.0 Å². The summed E-state index contributed by atoms with van der Waals surface area (Å²) >= 11 is 1.30. The number of carbonyl (C=O) groups is 1. The van der Waals surface area contributed by atoms with Crippen molar-refractivity contribution in [2.45, 2.75) is 26.7 Å². The number of rotatable bonds is 6. The zero-order valence-electron chi connectivity index (χ0n) is 15.3. The normalized spacial score (nSPS) is 11.5. The van der Waals surface area contributed by atoms with Crippen LogP contribution >= 0.6 is 11.3 Å². The summed E-state index contributed by atoms with van der Waals surface area (Å²) in [4.78, 5) is 20.8. The monoisotopic (exact) mass is 395 g/mol. The lowest BCUT2D eigenvalue weighted by Crippen LogP contribution is -2.14. The fraction of sp³-hybridized carbons (Fsp3) is 0.222. The van der Waals surface area contributed by atoms with E-state index in [1.807, 2.05) is 26.0 Å². The summed E-state index contributed by atoms with van der Waals surface area (Å²) in [5, 5.41) is 16.1. The van der Waals surface area contributed by atoms with Gasteiger partial charge in [0.1, 0.15) is 17.1 Å². The number of hydrogen-bond acceptors (Lipinski definition) is 8. The van der Waals surface area contributed by atoms with E-state index < -0.39 is 0 Å². The molecule has 28 heavy (non-hydrogen) atoms. The minimum Gasteiger partial charge on any atom is -0.465 e. The van der Waals surface area contributed by atoms with Crippen LogP contribution in [0.25, 0.3) is 17.9 Å². The van der Waals surface area contributed by atoms with Crippen LogP contribution in [0.1, 0.15) is 34.1 Å². The first-order chi connectivity index (χ1) is 13.6. The van der Waals surface area contributed by atoms with E-state index in [9.17, 15) is 4.79 Å². The number of fused-ring (bicyclic) bond motifs is 1. The van der Waals surface area contributed by atoms with Crippen molar-refractivity contribution in [2.24, 2.45) is 0 Å². The molecule has 0 aliphatic carbocycles. The number of nitrogens with one attached hydrogen (secondary N) is 1. The first-order valence-corrected chi connectivity index (χ1v) is 9.42. The third kappa shape index (κ3) is 3.81. The number of nitrogens with zero attached hydrogens (tertiary/aromatic N) is 6. The summed E-state index contributed by atoms with van der Waals surface area (Å²) < 4.78 is 6.91. The van der Waals surface area contributed by atoms with Crippen molar-refractivity contribution in [3.05, 3.63) is 52.4 Å². The first kappa shape index (κ1) is 18.0. The number of anilines is 1. The minimum atomic E-state index is -0.129. The Morgan fingerprint density at radius 2 is 2.21 bits per heavy atom. The average molecular weight is 395 g/mol. The largest absolute Gasteiger partial charge is 0.465 e. The van der Waals surface area contributed by atoms with Crippen molar-refractivity contribution >= 4 is 40.3 Å². The Hall–Kier alpha value is -3.40. The zero-order valence-corrected chi connectivity index (χ0v) is 16.1. The topological polar surface area (TPSA) is 111 Å². The van der Waals surface area contributed by atoms with Crippen molar-refractivity contribution in [2.75, 3.05) is 5.32 Å². The predicted octanol–water partition coefficient (Wildman–Crippen LogP) is 2.93. The molecule has 0 saturated heterocycles. The van der Waals surface area contributed by atoms with E-state index >= 15 is 0 Å². The number of aromatic nitrogens is 6. The molecule has 0 unspecified atom stereocenters. The third-order valence-electron chi connectivity index (χ3n) is 4.21. The van der Waals surface area contributed by atoms with Crippen LogP contribution < -0.4 is 5.32 Å². The highest BCUT2D eigenvalue weighted by Gasteiger charge is 2.13. The van der Waals surface area contributed by atoms with Crippen LogP contribution in [-0.4, -0.2) is 35.7 Å². The van der Waals surface area contributed by atoms with Crippen molar-refractivity contribution in [3.8, 4) is 0 Å². The molecule has 4 heterocycles. The maximum absolute atomic E-state index is 12.3. The van der Waals surface area contributed by atoms with E-state index in [-0.39, 0.29) is 5.91 Å². The van der Waals surface area contributed by atoms with Gasteiger partial charge in [-0.1, -0.05) is 11.3 Å². The number of amides is 1. The Balaban J connectivity index is 1.38. The van der Waals surface area contributed by atoms with Gasteiger partial charge in [-0.25, -0.2) is 9.50 Å². The molecule has 9 nitrogen and oxygen atoms in total. The van der Waals surface area contributed by atoms with E-state index in [1.165, 1.54) is 17.7 Å². The number of hydrogen-bond donors (Lipinski definition) is 1. The maximum Gasteiger partial charge on any atom is 0.252 e. The molecule has 0 aliphatic heterocycles. The van der Waals surface area contributed by atoms with Crippen LogP contribution in [0.5, 0.6) is 0 Å². The molecule has 0 bridgehead atoms. The average Bonchev–Trinajstić information content (AvgIpc) is 3.41. The molecular weight excluding hydrogens is 378 g/mol. The SMILES string of the molecule is Cc1nc2ncnn2c(C)c1CCC(=O)Nc1nnc(C=Cc2ccco2)s1. The molecule has 0 radical (unpaired) electrons. The van der Waals surface area contributed by atoms with Gasteiger partial charge in [0.05, 0.1) is 6.26 Å². The van der Waals surface area contributed by atoms with Crippen LogP contribution in [0.15, 0.2) is 29.1 Å². The molecule has 0 fully saturated rings. The van der Waals surface area contributed by atoms with Gasteiger partial charge in [0.15, 0.2) is 0 Å². The molecule has 0 spiro atoms. The van der Waals surface area contributed by atoms with Gasteiger partial charge in [-0.3, -0.25) is 4.79 Å². The van der Waals surface area contributed by atoms with E-state index in [0.29, 0.717) is 28.8 Å². The first-order valence-electron chi connectivity index (χ1n) is 8.61. The molecule has 4 aromatic rings. The molecule has 0 saturated carbocycles. The van der Waals surface area contributed by atoms with Crippen LogP contribution in [-0.2, 0) is 11.2 Å². The summed E-state index contributed by atoms with van der Waals surface area (Å²) in [6.45, 7) is 3.86. The van der Waals surface area contributed by atoms with Gasteiger partial charge in [-0.15, -0.1) is 10.2 Å². The van der Waals surface area contributed by atoms with Crippen molar-refractivity contribution in [1.82, 2.24) is 29.8 Å². The highest BCUT2D eigenvalue weighted by atomic mass is 32.1. The minimum absolute atomic E-state index is 0.129. The van der Waals surface area contributed by atoms with Gasteiger partial charge in [-0.05, 0) is 50.1 Å². The molecule has 142 valence electrons. The molecule has 0 atom stereocenters. The van der Waals surface area contributed by atoms with Gasteiger partial charge in [0, 0.05) is 17.8 Å². The summed E-state index contributed by atoms with van der Waals surface area (Å²) in [5.41, 5.74) is 2.79. The summed E-state index contributed by atoms with van der Waals surface area (Å²) in [5.74, 6) is 1.16. The third-order valence-corrected chi connectivity index (χ3v) is 5.01. The van der Waals surface area contributed by atoms with E-state index in [2.05, 4.69) is 30.6 Å². The van der Waals surface area contributed by atoms with Crippen LogP contribution in [0.2, 0.25) is 0 Å². The maximum atomic E-state index is 12.3. The molecule has 4 aromatic heterocycles. The molecule has 0 aliphatic rings. The fourth-order valence-corrected chi connectivity index (χ4v) is 3.49. The van der Waals surface area contributed by atoms with Crippen molar-refractivity contribution < 1.29 is 9.21 Å². The lowest BCUT2D eigenvalue weighted by Gasteiger charge is -2.09. The lowest BCUT2D eigenvalue weighted by molar-refractivity contribution is -0.116. The van der Waals surface area contributed by atoms with Crippen LogP contribution in [0, 0.1) is 13.8 Å². The zero-order chi connectivity index (χ0) is 19.5. The number of aryl methyl sites for hydroxylation is 2. The smallest absolute Gasteiger partial charge is 0.252 e. The highest BCUT2D eigenvalue weighted by Crippen LogP contribution is 2.19. The Morgan fingerprint density at radius 1 is 1.32 bits per heavy atom. The van der Waals surface area contributed by atoms with Gasteiger partial charge in [0.25, 0.3) is 5.78 Å². The standard InChI is InChI=1S/C18H17N7O2S/c1-11-14(12(2)25-17(21-11)19-10-20-25)6-7-15(26)22-18-24-23-16(28-18)8-5-13-4-3-9-27-13/h3-5,8-10H,6-7H2,1-2H3,(H,22,24,26). The molecule has 0 aromatic carbocycles. The van der Waals surface area contributed by atoms with Crippen LogP contribution in [0.3, 0.4) is 0 Å². The van der Waals surface area contributed by atoms with Gasteiger partial charge in [-0.2, -0.15) is 10.1 Å². The molecule has 10 heteroatoms. The van der Waals surface area contributed by atoms with Crippen molar-refractivity contribution in [1.29, 1.82) is 0 Å². The van der Waals surface area contributed by atoms with Gasteiger partial charge >= 0.3 is 0 Å². The molecule has 4 rings (SSSR count). The quantitative estimate of drug-likeness (QED) is 0.534. The van der Waals surface area contributed by atoms with E-state index in [0.717, 1.165) is 22.7 Å². The second-order valence-corrected chi connectivity index (χ2v) is 7.08. The molecule has 1 N–H and O–H groups in total. The van der Waals surface area contributed by atoms with E-state index in [1.54, 1.807) is 22.9 Å². The highest BCUT2D eigenvalue weighted by molar-refractivity contribution is 7.16. The molecule has 1 amide bonds. The second-order valence-electron chi connectivity index (χ2n) is 6.08. The lowest BCUT2D eigenvalue weighted by atomic mass is 10.1. The van der Waals surface area contributed by atoms with E-state index in [4.69, 9.17) is 4.42 Å². The number of carbonyl (C=O) groups excluding carboxylic acids is 1. The Kier molecular flexibility index (Phi) is 4.94. The number of furan rings is 1. The Labute approximate surface area is 164 Å². The predicted molar refractivity (Wildman–Crippen MR) is 105 cm³/mol. The second kappa shape index (κ2) is 7.69. The van der Waals surface area contributed by atoms with Crippen LogP contribution in [0.4, 0.5) is 5.13 Å².